The van der Waals surface area contributed by atoms with Crippen molar-refractivity contribution in [1.82, 2.24) is 4.90 Å². The molecule has 0 spiro atoms. The van der Waals surface area contributed by atoms with Crippen molar-refractivity contribution in [3.05, 3.63) is 29.3 Å². The molecule has 1 aliphatic rings. The van der Waals surface area contributed by atoms with Gasteiger partial charge in [-0.1, -0.05) is 26.8 Å². The first kappa shape index (κ1) is 18.6. The van der Waals surface area contributed by atoms with Gasteiger partial charge in [-0.2, -0.15) is 13.2 Å². The predicted molar refractivity (Wildman–Crippen MR) is 85.9 cm³/mol. The summed E-state index contributed by atoms with van der Waals surface area (Å²) in [5.41, 5.74) is -0.359. The van der Waals surface area contributed by atoms with E-state index >= 15 is 0 Å². The van der Waals surface area contributed by atoms with E-state index in [2.05, 4.69) is 0 Å². The number of alkyl halides is 3. The van der Waals surface area contributed by atoms with Gasteiger partial charge in [0.2, 0.25) is 5.91 Å². The Hall–Kier alpha value is -1.72. The zero-order valence-corrected chi connectivity index (χ0v) is 14.3. The van der Waals surface area contributed by atoms with E-state index in [0.29, 0.717) is 32.4 Å². The Morgan fingerprint density at radius 3 is 2.42 bits per heavy atom. The number of hydrogen-bond donors (Lipinski definition) is 0. The largest absolute Gasteiger partial charge is 0.490 e. The van der Waals surface area contributed by atoms with E-state index in [1.807, 2.05) is 13.8 Å². The number of hydrogen-bond acceptors (Lipinski definition) is 2. The summed E-state index contributed by atoms with van der Waals surface area (Å²) in [4.78, 5) is 13.7. The number of nitrogens with zero attached hydrogens (tertiary/aromatic N) is 1. The third kappa shape index (κ3) is 4.42. The number of carbonyl (C=O) groups is 1. The Labute approximate surface area is 140 Å². The molecule has 2 rings (SSSR count). The lowest BCUT2D eigenvalue weighted by Gasteiger charge is -2.33. The number of aryl methyl sites for hydroxylation is 1. The monoisotopic (exact) mass is 343 g/mol. The van der Waals surface area contributed by atoms with Gasteiger partial charge < -0.3 is 9.64 Å². The molecule has 0 N–H and O–H groups in total. The fourth-order valence-corrected chi connectivity index (χ4v) is 2.95. The molecule has 1 saturated heterocycles. The third-order valence-electron chi connectivity index (χ3n) is 4.32. The minimum atomic E-state index is -4.38. The lowest BCUT2D eigenvalue weighted by Crippen LogP contribution is -2.43. The number of ether oxygens (including phenoxy) is 1. The molecule has 3 nitrogen and oxygen atoms in total. The predicted octanol–water partition coefficient (Wildman–Crippen LogP) is 4.29. The molecule has 0 unspecified atom stereocenters. The van der Waals surface area contributed by atoms with Crippen molar-refractivity contribution in [2.24, 2.45) is 5.92 Å². The molecule has 1 aliphatic heterocycles. The molecule has 1 amide bonds. The van der Waals surface area contributed by atoms with Crippen molar-refractivity contribution < 1.29 is 22.7 Å². The summed E-state index contributed by atoms with van der Waals surface area (Å²) in [6, 6.07) is 4.17. The average molecular weight is 343 g/mol. The van der Waals surface area contributed by atoms with Gasteiger partial charge in [-0.3, -0.25) is 4.79 Å². The molecule has 6 heteroatoms. The molecule has 1 aromatic carbocycles. The van der Waals surface area contributed by atoms with Gasteiger partial charge in [0.05, 0.1) is 5.56 Å². The molecule has 0 aliphatic carbocycles. The first-order valence-electron chi connectivity index (χ1n) is 8.38. The molecule has 0 aromatic heterocycles. The molecule has 1 heterocycles. The van der Waals surface area contributed by atoms with Crippen molar-refractivity contribution in [3.8, 4) is 5.75 Å². The van der Waals surface area contributed by atoms with Gasteiger partial charge in [0.25, 0.3) is 0 Å². The summed E-state index contributed by atoms with van der Waals surface area (Å²) < 4.78 is 45.1. The summed E-state index contributed by atoms with van der Waals surface area (Å²) in [7, 11) is 0. The van der Waals surface area contributed by atoms with Crippen LogP contribution in [0.15, 0.2) is 18.2 Å². The standard InChI is InChI=1S/C18H24F3NO2/c1-4-13-5-6-15(11-16(13)18(19,20)21)24-14-7-9-22(10-8-14)17(23)12(2)3/h5-6,11-12,14H,4,7-10H2,1-3H3. The van der Waals surface area contributed by atoms with Gasteiger partial charge in [0, 0.05) is 31.8 Å². The minimum absolute atomic E-state index is 0.0431. The van der Waals surface area contributed by atoms with Crippen LogP contribution in [0, 0.1) is 5.92 Å². The number of benzene rings is 1. The number of likely N-dealkylation sites (tertiary alicyclic amines) is 1. The fraction of sp³-hybridized carbons (Fsp3) is 0.611. The van der Waals surface area contributed by atoms with Gasteiger partial charge in [-0.25, -0.2) is 0 Å². The number of piperidine rings is 1. The zero-order chi connectivity index (χ0) is 17.9. The summed E-state index contributed by atoms with van der Waals surface area (Å²) in [6.45, 7) is 6.59. The molecule has 134 valence electrons. The maximum absolute atomic E-state index is 13.1. The van der Waals surface area contributed by atoms with Crippen LogP contribution in [0.2, 0.25) is 0 Å². The van der Waals surface area contributed by atoms with Gasteiger partial charge in [0.1, 0.15) is 11.9 Å². The van der Waals surface area contributed by atoms with Crippen molar-refractivity contribution >= 4 is 5.91 Å². The van der Waals surface area contributed by atoms with Crippen LogP contribution < -0.4 is 4.74 Å². The van der Waals surface area contributed by atoms with Crippen molar-refractivity contribution in [2.75, 3.05) is 13.1 Å². The molecule has 1 fully saturated rings. The van der Waals surface area contributed by atoms with E-state index in [1.165, 1.54) is 6.07 Å². The fourth-order valence-electron chi connectivity index (χ4n) is 2.95. The highest BCUT2D eigenvalue weighted by molar-refractivity contribution is 5.78. The maximum atomic E-state index is 13.1. The smallest absolute Gasteiger partial charge is 0.416 e. The first-order valence-corrected chi connectivity index (χ1v) is 8.38. The molecular weight excluding hydrogens is 319 g/mol. The second kappa shape index (κ2) is 7.45. The summed E-state index contributed by atoms with van der Waals surface area (Å²) >= 11 is 0. The second-order valence-electron chi connectivity index (χ2n) is 6.47. The van der Waals surface area contributed by atoms with Crippen LogP contribution in [0.4, 0.5) is 13.2 Å². The van der Waals surface area contributed by atoms with E-state index in [1.54, 1.807) is 17.9 Å². The molecule has 0 atom stereocenters. The van der Waals surface area contributed by atoms with E-state index in [4.69, 9.17) is 4.74 Å². The van der Waals surface area contributed by atoms with Crippen molar-refractivity contribution in [3.63, 3.8) is 0 Å². The Morgan fingerprint density at radius 2 is 1.92 bits per heavy atom. The van der Waals surface area contributed by atoms with Crippen molar-refractivity contribution in [1.29, 1.82) is 0 Å². The lowest BCUT2D eigenvalue weighted by atomic mass is 10.0. The van der Waals surface area contributed by atoms with Gasteiger partial charge in [-0.05, 0) is 24.1 Å². The van der Waals surface area contributed by atoms with Crippen LogP contribution in [0.3, 0.4) is 0 Å². The highest BCUT2D eigenvalue weighted by atomic mass is 19.4. The minimum Gasteiger partial charge on any atom is -0.490 e. The van der Waals surface area contributed by atoms with E-state index in [-0.39, 0.29) is 29.2 Å². The zero-order valence-electron chi connectivity index (χ0n) is 14.3. The highest BCUT2D eigenvalue weighted by Gasteiger charge is 2.33. The SMILES string of the molecule is CCc1ccc(OC2CCN(C(=O)C(C)C)CC2)cc1C(F)(F)F. The number of halogens is 3. The van der Waals surface area contributed by atoms with Gasteiger partial charge >= 0.3 is 6.18 Å². The molecular formula is C18H24F3NO2. The van der Waals surface area contributed by atoms with Crippen LogP contribution in [-0.2, 0) is 17.4 Å². The molecule has 0 saturated carbocycles. The quantitative estimate of drug-likeness (QED) is 0.816. The molecule has 0 radical (unpaired) electrons. The van der Waals surface area contributed by atoms with Crippen LogP contribution >= 0.6 is 0 Å². The van der Waals surface area contributed by atoms with E-state index in [9.17, 15) is 18.0 Å². The van der Waals surface area contributed by atoms with Crippen LogP contribution in [0.5, 0.6) is 5.75 Å². The third-order valence-corrected chi connectivity index (χ3v) is 4.32. The Balaban J connectivity index is 2.02. The van der Waals surface area contributed by atoms with Crippen LogP contribution in [0.1, 0.15) is 44.7 Å². The van der Waals surface area contributed by atoms with Gasteiger partial charge in [-0.15, -0.1) is 0 Å². The summed E-state index contributed by atoms with van der Waals surface area (Å²) in [6.07, 6.45) is -2.94. The topological polar surface area (TPSA) is 29.5 Å². The lowest BCUT2D eigenvalue weighted by molar-refractivity contribution is -0.138. The maximum Gasteiger partial charge on any atom is 0.416 e. The Morgan fingerprint density at radius 1 is 1.29 bits per heavy atom. The Bertz CT molecular complexity index is 576. The summed E-state index contributed by atoms with van der Waals surface area (Å²) in [5, 5.41) is 0. The van der Waals surface area contributed by atoms with Crippen LogP contribution in [0.25, 0.3) is 0 Å². The molecule has 0 bridgehead atoms. The Kier molecular flexibility index (Phi) is 5.78. The van der Waals surface area contributed by atoms with E-state index in [0.717, 1.165) is 6.07 Å². The number of rotatable bonds is 4. The normalized spacial score (nSPS) is 16.5. The first-order chi connectivity index (χ1) is 11.2. The van der Waals surface area contributed by atoms with Crippen LogP contribution in [-0.4, -0.2) is 30.0 Å². The number of carbonyl (C=O) groups excluding carboxylic acids is 1. The summed E-state index contributed by atoms with van der Waals surface area (Å²) in [5.74, 6) is 0.312. The molecule has 1 aromatic rings. The second-order valence-corrected chi connectivity index (χ2v) is 6.47. The highest BCUT2D eigenvalue weighted by Crippen LogP contribution is 2.35. The average Bonchev–Trinajstić information content (AvgIpc) is 2.54. The molecule has 24 heavy (non-hydrogen) atoms. The van der Waals surface area contributed by atoms with Crippen molar-refractivity contribution in [2.45, 2.75) is 52.3 Å². The van der Waals surface area contributed by atoms with E-state index < -0.39 is 11.7 Å². The van der Waals surface area contributed by atoms with Gasteiger partial charge in [0.15, 0.2) is 0 Å². The number of amides is 1.